The fraction of sp³-hybridized carbons (Fsp3) is 0.280. The van der Waals surface area contributed by atoms with Gasteiger partial charge in [-0.2, -0.15) is 0 Å². The van der Waals surface area contributed by atoms with Crippen LogP contribution in [0.5, 0.6) is 0 Å². The Labute approximate surface area is 202 Å². The minimum atomic E-state index is -0.211. The Hall–Kier alpha value is -2.97. The predicted molar refractivity (Wildman–Crippen MR) is 140 cm³/mol. The van der Waals surface area contributed by atoms with Crippen molar-refractivity contribution in [2.24, 2.45) is 0 Å². The number of anilines is 1. The van der Waals surface area contributed by atoms with Gasteiger partial charge < -0.3 is 5.32 Å². The summed E-state index contributed by atoms with van der Waals surface area (Å²) in [6.07, 6.45) is 5.97. The maximum Gasteiger partial charge on any atom is 0.267 e. The molecule has 3 aromatic rings. The summed E-state index contributed by atoms with van der Waals surface area (Å²) in [4.78, 5) is 33.2. The zero-order valence-electron chi connectivity index (χ0n) is 18.7. The molecule has 4 rings (SSSR count). The standard InChI is InChI=1S/C25H26N4O2S2/c1-3-13-26-22-19(23(30)29-16-17(2)11-12-21(29)27-22)15-20-24(31)28(25(32)33-20)14-7-10-18-8-5-4-6-9-18/h4-6,8-9,11-12,15-16,26H,3,7,10,13-14H2,1-2H3. The Bertz CT molecular complexity index is 1280. The second-order valence-corrected chi connectivity index (χ2v) is 9.64. The van der Waals surface area contributed by atoms with Crippen molar-refractivity contribution in [1.82, 2.24) is 14.3 Å². The van der Waals surface area contributed by atoms with E-state index in [2.05, 4.69) is 22.4 Å². The number of carbonyl (C=O) groups is 1. The molecule has 1 aliphatic rings. The summed E-state index contributed by atoms with van der Waals surface area (Å²) in [6, 6.07) is 13.9. The van der Waals surface area contributed by atoms with E-state index in [0.29, 0.717) is 39.3 Å². The van der Waals surface area contributed by atoms with Crippen LogP contribution in [0.3, 0.4) is 0 Å². The van der Waals surface area contributed by atoms with Gasteiger partial charge in [-0.05, 0) is 49.5 Å². The van der Waals surface area contributed by atoms with Gasteiger partial charge >= 0.3 is 0 Å². The normalized spacial score (nSPS) is 15.1. The summed E-state index contributed by atoms with van der Waals surface area (Å²) >= 11 is 6.72. The van der Waals surface area contributed by atoms with Crippen LogP contribution in [0, 0.1) is 6.92 Å². The highest BCUT2D eigenvalue weighted by atomic mass is 32.2. The first kappa shape index (κ1) is 23.2. The van der Waals surface area contributed by atoms with Gasteiger partial charge in [0.05, 0.1) is 10.5 Å². The molecule has 3 heterocycles. The van der Waals surface area contributed by atoms with Gasteiger partial charge in [0.25, 0.3) is 11.5 Å². The van der Waals surface area contributed by atoms with Crippen LogP contribution in [0.4, 0.5) is 5.82 Å². The third-order valence-electron chi connectivity index (χ3n) is 5.39. The lowest BCUT2D eigenvalue weighted by Crippen LogP contribution is -2.29. The Morgan fingerprint density at radius 2 is 1.94 bits per heavy atom. The Balaban J connectivity index is 1.61. The maximum absolute atomic E-state index is 13.3. The topological polar surface area (TPSA) is 66.7 Å². The van der Waals surface area contributed by atoms with Crippen molar-refractivity contribution in [2.45, 2.75) is 33.1 Å². The van der Waals surface area contributed by atoms with Crippen molar-refractivity contribution in [3.63, 3.8) is 0 Å². The minimum absolute atomic E-state index is 0.159. The van der Waals surface area contributed by atoms with Crippen LogP contribution in [0.2, 0.25) is 0 Å². The zero-order valence-corrected chi connectivity index (χ0v) is 20.3. The summed E-state index contributed by atoms with van der Waals surface area (Å²) in [7, 11) is 0. The molecule has 1 aliphatic heterocycles. The molecule has 2 aromatic heterocycles. The third kappa shape index (κ3) is 5.17. The molecule has 6 nitrogen and oxygen atoms in total. The number of aryl methyl sites for hydroxylation is 2. The molecule has 0 bridgehead atoms. The summed E-state index contributed by atoms with van der Waals surface area (Å²) < 4.78 is 2.05. The molecular weight excluding hydrogens is 452 g/mol. The highest BCUT2D eigenvalue weighted by Gasteiger charge is 2.32. The monoisotopic (exact) mass is 478 g/mol. The quantitative estimate of drug-likeness (QED) is 0.375. The lowest BCUT2D eigenvalue weighted by atomic mass is 10.1. The number of benzene rings is 1. The van der Waals surface area contributed by atoms with Crippen LogP contribution in [-0.2, 0) is 11.2 Å². The van der Waals surface area contributed by atoms with Crippen molar-refractivity contribution in [2.75, 3.05) is 18.4 Å². The van der Waals surface area contributed by atoms with E-state index in [0.717, 1.165) is 24.8 Å². The summed E-state index contributed by atoms with van der Waals surface area (Å²) in [5, 5.41) is 3.24. The first-order chi connectivity index (χ1) is 16.0. The van der Waals surface area contributed by atoms with Gasteiger partial charge in [-0.1, -0.05) is 67.3 Å². The number of thioether (sulfide) groups is 1. The smallest absolute Gasteiger partial charge is 0.267 e. The number of hydrogen-bond acceptors (Lipinski definition) is 6. The number of nitrogens with one attached hydrogen (secondary N) is 1. The predicted octanol–water partition coefficient (Wildman–Crippen LogP) is 4.66. The molecule has 0 spiro atoms. The number of pyridine rings is 1. The lowest BCUT2D eigenvalue weighted by Gasteiger charge is -2.14. The highest BCUT2D eigenvalue weighted by Crippen LogP contribution is 2.33. The largest absolute Gasteiger partial charge is 0.369 e. The van der Waals surface area contributed by atoms with E-state index in [1.165, 1.54) is 21.7 Å². The molecule has 33 heavy (non-hydrogen) atoms. The molecule has 170 valence electrons. The van der Waals surface area contributed by atoms with E-state index >= 15 is 0 Å². The molecule has 0 unspecified atom stereocenters. The van der Waals surface area contributed by atoms with Crippen LogP contribution in [0.1, 0.15) is 36.5 Å². The average molecular weight is 479 g/mol. The van der Waals surface area contributed by atoms with Crippen LogP contribution in [0.15, 0.2) is 58.4 Å². The van der Waals surface area contributed by atoms with E-state index in [1.807, 2.05) is 44.2 Å². The number of carbonyl (C=O) groups excluding carboxylic acids is 1. The van der Waals surface area contributed by atoms with Crippen molar-refractivity contribution >= 4 is 51.7 Å². The molecule has 1 saturated heterocycles. The minimum Gasteiger partial charge on any atom is -0.369 e. The number of rotatable bonds is 8. The highest BCUT2D eigenvalue weighted by molar-refractivity contribution is 8.26. The first-order valence-corrected chi connectivity index (χ1v) is 12.3. The Morgan fingerprint density at radius 1 is 1.15 bits per heavy atom. The number of hydrogen-bond donors (Lipinski definition) is 1. The van der Waals surface area contributed by atoms with E-state index in [1.54, 1.807) is 17.2 Å². The van der Waals surface area contributed by atoms with Gasteiger partial charge in [0.1, 0.15) is 15.8 Å². The van der Waals surface area contributed by atoms with E-state index < -0.39 is 0 Å². The van der Waals surface area contributed by atoms with E-state index in [4.69, 9.17) is 12.2 Å². The van der Waals surface area contributed by atoms with Crippen LogP contribution in [0.25, 0.3) is 11.7 Å². The van der Waals surface area contributed by atoms with Gasteiger partial charge in [0.15, 0.2) is 0 Å². The van der Waals surface area contributed by atoms with Crippen LogP contribution >= 0.6 is 24.0 Å². The third-order valence-corrected chi connectivity index (χ3v) is 6.76. The fourth-order valence-corrected chi connectivity index (χ4v) is 4.97. The number of amides is 1. The number of thiocarbonyl (C=S) groups is 1. The van der Waals surface area contributed by atoms with Crippen molar-refractivity contribution < 1.29 is 4.79 Å². The van der Waals surface area contributed by atoms with Gasteiger partial charge in [-0.25, -0.2) is 4.98 Å². The molecule has 1 amide bonds. The van der Waals surface area contributed by atoms with Crippen LogP contribution < -0.4 is 10.9 Å². The zero-order chi connectivity index (χ0) is 23.4. The molecular formula is C25H26N4O2S2. The summed E-state index contributed by atoms with van der Waals surface area (Å²) in [6.45, 7) is 5.20. The SMILES string of the molecule is CCCNc1nc2ccc(C)cn2c(=O)c1C=C1SC(=S)N(CCCc2ccccc2)C1=O. The molecule has 0 aliphatic carbocycles. The van der Waals surface area contributed by atoms with Gasteiger partial charge in [-0.3, -0.25) is 18.9 Å². The first-order valence-electron chi connectivity index (χ1n) is 11.0. The van der Waals surface area contributed by atoms with Gasteiger partial charge in [0.2, 0.25) is 0 Å². The van der Waals surface area contributed by atoms with E-state index in [9.17, 15) is 9.59 Å². The van der Waals surface area contributed by atoms with Crippen molar-refractivity contribution in [1.29, 1.82) is 0 Å². The molecule has 1 aromatic carbocycles. The second kappa shape index (κ2) is 10.3. The number of nitrogens with zero attached hydrogens (tertiary/aromatic N) is 3. The Kier molecular flexibility index (Phi) is 7.25. The molecule has 1 fully saturated rings. The molecule has 0 radical (unpaired) electrons. The van der Waals surface area contributed by atoms with E-state index in [-0.39, 0.29) is 11.5 Å². The Morgan fingerprint density at radius 3 is 2.70 bits per heavy atom. The van der Waals surface area contributed by atoms with Crippen LogP contribution in [-0.4, -0.2) is 37.6 Å². The van der Waals surface area contributed by atoms with Crippen molar-refractivity contribution in [3.8, 4) is 0 Å². The van der Waals surface area contributed by atoms with Crippen molar-refractivity contribution in [3.05, 3.63) is 80.6 Å². The molecule has 0 atom stereocenters. The lowest BCUT2D eigenvalue weighted by molar-refractivity contribution is -0.122. The molecule has 1 N–H and O–H groups in total. The number of fused-ring (bicyclic) bond motifs is 1. The average Bonchev–Trinajstić information content (AvgIpc) is 3.08. The van der Waals surface area contributed by atoms with Gasteiger partial charge in [0, 0.05) is 19.3 Å². The number of aromatic nitrogens is 2. The maximum atomic E-state index is 13.3. The van der Waals surface area contributed by atoms with Gasteiger partial charge in [-0.15, -0.1) is 0 Å². The summed E-state index contributed by atoms with van der Waals surface area (Å²) in [5.41, 5.74) is 2.91. The molecule has 8 heteroatoms. The summed E-state index contributed by atoms with van der Waals surface area (Å²) in [5.74, 6) is 0.327. The fourth-order valence-electron chi connectivity index (χ4n) is 3.68. The second-order valence-electron chi connectivity index (χ2n) is 7.96. The molecule has 0 saturated carbocycles.